The Labute approximate surface area is 127 Å². The van der Waals surface area contributed by atoms with Crippen LogP contribution in [0.2, 0.25) is 0 Å². The van der Waals surface area contributed by atoms with Crippen LogP contribution in [0.25, 0.3) is 0 Å². The fourth-order valence-electron chi connectivity index (χ4n) is 3.54. The molecule has 114 valence electrons. The molecule has 0 bridgehead atoms. The molecule has 21 heavy (non-hydrogen) atoms. The molecule has 0 saturated carbocycles. The van der Waals surface area contributed by atoms with Crippen molar-refractivity contribution in [3.63, 3.8) is 0 Å². The van der Waals surface area contributed by atoms with Crippen LogP contribution in [-0.4, -0.2) is 37.0 Å². The first-order valence-electron chi connectivity index (χ1n) is 8.25. The van der Waals surface area contributed by atoms with Crippen LogP contribution < -0.4 is 5.32 Å². The Morgan fingerprint density at radius 3 is 2.90 bits per heavy atom. The summed E-state index contributed by atoms with van der Waals surface area (Å²) in [7, 11) is 0. The molecule has 2 heterocycles. The molecule has 3 rings (SSSR count). The number of amides is 1. The normalized spacial score (nSPS) is 22.9. The summed E-state index contributed by atoms with van der Waals surface area (Å²) < 4.78 is 0. The van der Waals surface area contributed by atoms with Crippen molar-refractivity contribution in [2.75, 3.05) is 26.2 Å². The molecule has 1 aromatic carbocycles. The Bertz CT molecular complexity index is 530. The summed E-state index contributed by atoms with van der Waals surface area (Å²) in [5.41, 5.74) is 4.69. The molecule has 0 spiro atoms. The fourth-order valence-corrected chi connectivity index (χ4v) is 3.54. The Morgan fingerprint density at radius 2 is 2.05 bits per heavy atom. The molecule has 2 aliphatic heterocycles. The zero-order valence-electron chi connectivity index (χ0n) is 13.2. The molecule has 1 amide bonds. The van der Waals surface area contributed by atoms with Gasteiger partial charge in [-0.2, -0.15) is 0 Å². The third-order valence-corrected chi connectivity index (χ3v) is 5.02. The minimum Gasteiger partial charge on any atom is -0.338 e. The first kappa shape index (κ1) is 14.6. The van der Waals surface area contributed by atoms with Crippen molar-refractivity contribution in [2.24, 2.45) is 5.92 Å². The van der Waals surface area contributed by atoms with Crippen molar-refractivity contribution in [3.8, 4) is 0 Å². The summed E-state index contributed by atoms with van der Waals surface area (Å²) in [5.74, 6) is 0.855. The first-order valence-corrected chi connectivity index (χ1v) is 8.25. The molecule has 1 aromatic rings. The topological polar surface area (TPSA) is 32.3 Å². The predicted molar refractivity (Wildman–Crippen MR) is 85.7 cm³/mol. The number of benzene rings is 1. The quantitative estimate of drug-likeness (QED) is 0.906. The third kappa shape index (κ3) is 3.13. The lowest BCUT2D eigenvalue weighted by atomic mass is 9.93. The smallest absolute Gasteiger partial charge is 0.254 e. The highest BCUT2D eigenvalue weighted by Crippen LogP contribution is 2.24. The van der Waals surface area contributed by atoms with Crippen molar-refractivity contribution >= 4 is 5.91 Å². The molecule has 0 aliphatic carbocycles. The third-order valence-electron chi connectivity index (χ3n) is 5.02. The van der Waals surface area contributed by atoms with Gasteiger partial charge in [-0.15, -0.1) is 0 Å². The zero-order chi connectivity index (χ0) is 14.8. The molecular formula is C18H26N2O. The van der Waals surface area contributed by atoms with Gasteiger partial charge in [-0.05, 0) is 74.9 Å². The van der Waals surface area contributed by atoms with Crippen LogP contribution in [0, 0.1) is 19.8 Å². The summed E-state index contributed by atoms with van der Waals surface area (Å²) in [6, 6.07) is 4.29. The Morgan fingerprint density at radius 1 is 1.24 bits per heavy atom. The summed E-state index contributed by atoms with van der Waals surface area (Å²) in [6.07, 6.45) is 4.80. The van der Waals surface area contributed by atoms with Crippen LogP contribution in [0.4, 0.5) is 0 Å². The summed E-state index contributed by atoms with van der Waals surface area (Å²) in [6.45, 7) is 8.21. The van der Waals surface area contributed by atoms with Crippen LogP contribution in [0.5, 0.6) is 0 Å². The highest BCUT2D eigenvalue weighted by molar-refractivity contribution is 5.97. The first-order chi connectivity index (χ1) is 10.1. The predicted octanol–water partition coefficient (Wildman–Crippen LogP) is 2.69. The highest BCUT2D eigenvalue weighted by Gasteiger charge is 2.27. The van der Waals surface area contributed by atoms with E-state index in [0.29, 0.717) is 5.92 Å². The maximum atomic E-state index is 12.7. The number of nitrogens with one attached hydrogen (secondary N) is 1. The molecule has 1 fully saturated rings. The average Bonchev–Trinajstić information content (AvgIpc) is 2.73. The van der Waals surface area contributed by atoms with Gasteiger partial charge in [-0.1, -0.05) is 12.5 Å². The molecule has 1 N–H and O–H groups in total. The van der Waals surface area contributed by atoms with E-state index in [4.69, 9.17) is 0 Å². The van der Waals surface area contributed by atoms with Gasteiger partial charge >= 0.3 is 0 Å². The number of hydrogen-bond donors (Lipinski definition) is 1. The number of rotatable bonds is 2. The summed E-state index contributed by atoms with van der Waals surface area (Å²) in [4.78, 5) is 14.8. The van der Waals surface area contributed by atoms with Crippen LogP contribution >= 0.6 is 0 Å². The lowest BCUT2D eigenvalue weighted by Gasteiger charge is -2.32. The van der Waals surface area contributed by atoms with E-state index in [2.05, 4.69) is 36.2 Å². The summed E-state index contributed by atoms with van der Waals surface area (Å²) >= 11 is 0. The molecule has 1 unspecified atom stereocenters. The molecule has 3 nitrogen and oxygen atoms in total. The fraction of sp³-hybridized carbons (Fsp3) is 0.611. The zero-order valence-corrected chi connectivity index (χ0v) is 13.2. The largest absolute Gasteiger partial charge is 0.338 e. The minimum absolute atomic E-state index is 0.239. The van der Waals surface area contributed by atoms with Crippen LogP contribution in [-0.2, 0) is 6.42 Å². The molecule has 3 heteroatoms. The summed E-state index contributed by atoms with van der Waals surface area (Å²) in [5, 5.41) is 3.50. The number of carbonyl (C=O) groups is 1. The molecular weight excluding hydrogens is 260 g/mol. The van der Waals surface area contributed by atoms with E-state index in [1.165, 1.54) is 36.0 Å². The van der Waals surface area contributed by atoms with Crippen molar-refractivity contribution in [1.82, 2.24) is 10.2 Å². The monoisotopic (exact) mass is 286 g/mol. The van der Waals surface area contributed by atoms with Gasteiger partial charge < -0.3 is 10.2 Å². The van der Waals surface area contributed by atoms with Gasteiger partial charge in [0.1, 0.15) is 0 Å². The number of carbonyl (C=O) groups excluding carboxylic acids is 1. The molecule has 0 radical (unpaired) electrons. The molecule has 2 aliphatic rings. The molecule has 1 atom stereocenters. The Kier molecular flexibility index (Phi) is 4.29. The van der Waals surface area contributed by atoms with Crippen molar-refractivity contribution in [3.05, 3.63) is 34.4 Å². The van der Waals surface area contributed by atoms with Gasteiger partial charge in [0.15, 0.2) is 0 Å². The van der Waals surface area contributed by atoms with Crippen LogP contribution in [0.1, 0.15) is 46.3 Å². The van der Waals surface area contributed by atoms with E-state index in [1.54, 1.807) is 0 Å². The van der Waals surface area contributed by atoms with Gasteiger partial charge in [0.2, 0.25) is 0 Å². The van der Waals surface area contributed by atoms with Crippen LogP contribution in [0.15, 0.2) is 12.1 Å². The standard InChI is InChI=1S/C18H26N2O/c1-13-9-16-6-8-20(18(21)17(16)10-14(13)2)12-15-5-3-4-7-19-11-15/h9-10,15,19H,3-8,11-12H2,1-2H3. The lowest BCUT2D eigenvalue weighted by molar-refractivity contribution is 0.0709. The molecule has 0 aromatic heterocycles. The van der Waals surface area contributed by atoms with Gasteiger partial charge in [0.25, 0.3) is 5.91 Å². The Hall–Kier alpha value is -1.35. The number of aryl methyl sites for hydroxylation is 2. The minimum atomic E-state index is 0.239. The van der Waals surface area contributed by atoms with E-state index in [9.17, 15) is 4.79 Å². The van der Waals surface area contributed by atoms with E-state index in [-0.39, 0.29) is 5.91 Å². The van der Waals surface area contributed by atoms with Crippen molar-refractivity contribution < 1.29 is 4.79 Å². The highest BCUT2D eigenvalue weighted by atomic mass is 16.2. The van der Waals surface area contributed by atoms with Gasteiger partial charge in [0.05, 0.1) is 0 Å². The van der Waals surface area contributed by atoms with Crippen molar-refractivity contribution in [2.45, 2.75) is 39.5 Å². The number of nitrogens with zero attached hydrogens (tertiary/aromatic N) is 1. The lowest BCUT2D eigenvalue weighted by Crippen LogP contribution is -2.42. The van der Waals surface area contributed by atoms with E-state index in [1.807, 2.05) is 0 Å². The number of hydrogen-bond acceptors (Lipinski definition) is 2. The maximum absolute atomic E-state index is 12.7. The van der Waals surface area contributed by atoms with E-state index < -0.39 is 0 Å². The number of fused-ring (bicyclic) bond motifs is 1. The second-order valence-electron chi connectivity index (χ2n) is 6.66. The van der Waals surface area contributed by atoms with Crippen molar-refractivity contribution in [1.29, 1.82) is 0 Å². The van der Waals surface area contributed by atoms with E-state index >= 15 is 0 Å². The maximum Gasteiger partial charge on any atom is 0.254 e. The second kappa shape index (κ2) is 6.18. The second-order valence-corrected chi connectivity index (χ2v) is 6.66. The molecule has 1 saturated heterocycles. The van der Waals surface area contributed by atoms with Crippen LogP contribution in [0.3, 0.4) is 0 Å². The Balaban J connectivity index is 1.74. The SMILES string of the molecule is Cc1cc2c(cc1C)C(=O)N(CC1CCCCNC1)CC2. The average molecular weight is 286 g/mol. The van der Waals surface area contributed by atoms with Gasteiger partial charge in [0, 0.05) is 18.7 Å². The van der Waals surface area contributed by atoms with Gasteiger partial charge in [-0.3, -0.25) is 4.79 Å². The van der Waals surface area contributed by atoms with E-state index in [0.717, 1.165) is 38.2 Å². The van der Waals surface area contributed by atoms with Gasteiger partial charge in [-0.25, -0.2) is 0 Å².